The van der Waals surface area contributed by atoms with Crippen molar-refractivity contribution in [3.05, 3.63) is 10.7 Å². The standard InChI is InChI=1S/C10H16BrN3O2/c1-6(2)4-8(10(15)16)12-9-7(11)5-14(3)13-9/h5-6,8H,4H2,1-3H3,(H,12,13)(H,15,16). The van der Waals surface area contributed by atoms with Crippen LogP contribution in [0.4, 0.5) is 5.82 Å². The van der Waals surface area contributed by atoms with Gasteiger partial charge in [-0.25, -0.2) is 4.79 Å². The minimum absolute atomic E-state index is 0.316. The van der Waals surface area contributed by atoms with Gasteiger partial charge in [0.25, 0.3) is 0 Å². The molecule has 1 unspecified atom stereocenters. The fraction of sp³-hybridized carbons (Fsp3) is 0.600. The van der Waals surface area contributed by atoms with E-state index < -0.39 is 12.0 Å². The van der Waals surface area contributed by atoms with Crippen LogP contribution >= 0.6 is 15.9 Å². The summed E-state index contributed by atoms with van der Waals surface area (Å²) in [5, 5.41) is 16.1. The Hall–Kier alpha value is -1.04. The summed E-state index contributed by atoms with van der Waals surface area (Å²) in [4.78, 5) is 11.0. The van der Waals surface area contributed by atoms with Gasteiger partial charge in [-0.15, -0.1) is 0 Å². The Labute approximate surface area is 103 Å². The SMILES string of the molecule is CC(C)CC(Nc1nn(C)cc1Br)C(=O)O. The number of hydrogen-bond acceptors (Lipinski definition) is 3. The third-order valence-corrected chi connectivity index (χ3v) is 2.68. The van der Waals surface area contributed by atoms with Gasteiger partial charge in [0.2, 0.25) is 0 Å². The van der Waals surface area contributed by atoms with E-state index in [1.54, 1.807) is 17.9 Å². The number of rotatable bonds is 5. The smallest absolute Gasteiger partial charge is 0.326 e. The molecule has 1 rings (SSSR count). The molecule has 2 N–H and O–H groups in total. The molecule has 6 heteroatoms. The fourth-order valence-corrected chi connectivity index (χ4v) is 1.91. The lowest BCUT2D eigenvalue weighted by molar-refractivity contribution is -0.138. The minimum atomic E-state index is -0.855. The van der Waals surface area contributed by atoms with E-state index in [-0.39, 0.29) is 0 Å². The number of carboxylic acid groups (broad SMARTS) is 1. The molecule has 0 saturated carbocycles. The van der Waals surface area contributed by atoms with Crippen LogP contribution in [-0.2, 0) is 11.8 Å². The Bertz CT molecular complexity index is 376. The zero-order valence-electron chi connectivity index (χ0n) is 9.57. The number of carbonyl (C=O) groups is 1. The first-order chi connectivity index (χ1) is 7.40. The highest BCUT2D eigenvalue weighted by molar-refractivity contribution is 9.10. The van der Waals surface area contributed by atoms with E-state index in [1.807, 2.05) is 13.8 Å². The monoisotopic (exact) mass is 289 g/mol. The van der Waals surface area contributed by atoms with Crippen LogP contribution in [0.3, 0.4) is 0 Å². The first-order valence-corrected chi connectivity index (χ1v) is 5.88. The highest BCUT2D eigenvalue weighted by Crippen LogP contribution is 2.21. The molecule has 1 atom stereocenters. The second-order valence-electron chi connectivity index (χ2n) is 4.16. The summed E-state index contributed by atoms with van der Waals surface area (Å²) in [5.74, 6) is 0.0258. The average molecular weight is 290 g/mol. The van der Waals surface area contributed by atoms with E-state index >= 15 is 0 Å². The molecule has 1 aromatic heterocycles. The lowest BCUT2D eigenvalue weighted by Gasteiger charge is -2.16. The van der Waals surface area contributed by atoms with Crippen molar-refractivity contribution in [1.82, 2.24) is 9.78 Å². The van der Waals surface area contributed by atoms with E-state index in [4.69, 9.17) is 5.11 Å². The van der Waals surface area contributed by atoms with Gasteiger partial charge < -0.3 is 10.4 Å². The van der Waals surface area contributed by atoms with Gasteiger partial charge in [-0.3, -0.25) is 4.68 Å². The van der Waals surface area contributed by atoms with Crippen LogP contribution in [0.25, 0.3) is 0 Å². The summed E-state index contributed by atoms with van der Waals surface area (Å²) in [6.07, 6.45) is 2.34. The number of carboxylic acids is 1. The molecule has 90 valence electrons. The Balaban J connectivity index is 2.75. The van der Waals surface area contributed by atoms with Crippen LogP contribution in [-0.4, -0.2) is 26.9 Å². The van der Waals surface area contributed by atoms with Gasteiger partial charge in [0.05, 0.1) is 4.47 Å². The molecular weight excluding hydrogens is 274 g/mol. The molecule has 16 heavy (non-hydrogen) atoms. The van der Waals surface area contributed by atoms with E-state index in [0.717, 1.165) is 4.47 Å². The summed E-state index contributed by atoms with van der Waals surface area (Å²) >= 11 is 3.32. The molecule has 0 fully saturated rings. The number of anilines is 1. The Morgan fingerprint density at radius 2 is 2.31 bits per heavy atom. The normalized spacial score (nSPS) is 12.8. The number of aliphatic carboxylic acids is 1. The van der Waals surface area contributed by atoms with Gasteiger partial charge >= 0.3 is 5.97 Å². The van der Waals surface area contributed by atoms with Crippen molar-refractivity contribution in [3.63, 3.8) is 0 Å². The number of halogens is 1. The van der Waals surface area contributed by atoms with Crippen LogP contribution in [0, 0.1) is 5.92 Å². The molecule has 5 nitrogen and oxygen atoms in total. The lowest BCUT2D eigenvalue weighted by atomic mass is 10.0. The molecule has 0 spiro atoms. The number of nitrogens with one attached hydrogen (secondary N) is 1. The van der Waals surface area contributed by atoms with Gasteiger partial charge in [0.1, 0.15) is 6.04 Å². The van der Waals surface area contributed by atoms with E-state index in [1.165, 1.54) is 0 Å². The van der Waals surface area contributed by atoms with Crippen molar-refractivity contribution < 1.29 is 9.90 Å². The molecule has 0 aliphatic carbocycles. The summed E-state index contributed by atoms with van der Waals surface area (Å²) in [6, 6.07) is -0.605. The molecule has 0 aromatic carbocycles. The quantitative estimate of drug-likeness (QED) is 0.871. The Kier molecular flexibility index (Phi) is 4.35. The van der Waals surface area contributed by atoms with Gasteiger partial charge in [-0.05, 0) is 28.3 Å². The minimum Gasteiger partial charge on any atom is -0.480 e. The largest absolute Gasteiger partial charge is 0.480 e. The summed E-state index contributed by atoms with van der Waals surface area (Å²) < 4.78 is 2.39. The van der Waals surface area contributed by atoms with Crippen LogP contribution in [0.5, 0.6) is 0 Å². The van der Waals surface area contributed by atoms with E-state index in [9.17, 15) is 4.79 Å². The first kappa shape index (κ1) is 13.0. The Morgan fingerprint density at radius 3 is 2.69 bits per heavy atom. The highest BCUT2D eigenvalue weighted by atomic mass is 79.9. The third kappa shape index (κ3) is 3.52. The predicted octanol–water partition coefficient (Wildman–Crippen LogP) is 2.09. The summed E-state index contributed by atoms with van der Waals surface area (Å²) in [5.41, 5.74) is 0. The highest BCUT2D eigenvalue weighted by Gasteiger charge is 2.20. The van der Waals surface area contributed by atoms with E-state index in [0.29, 0.717) is 18.2 Å². The van der Waals surface area contributed by atoms with Crippen molar-refractivity contribution in [1.29, 1.82) is 0 Å². The summed E-state index contributed by atoms with van der Waals surface area (Å²) in [6.45, 7) is 3.98. The van der Waals surface area contributed by atoms with Crippen molar-refractivity contribution in [2.45, 2.75) is 26.3 Å². The molecule has 1 aromatic rings. The average Bonchev–Trinajstić information content (AvgIpc) is 2.43. The maximum Gasteiger partial charge on any atom is 0.326 e. The van der Waals surface area contributed by atoms with Crippen LogP contribution in [0.2, 0.25) is 0 Å². The molecule has 0 amide bonds. The second-order valence-corrected chi connectivity index (χ2v) is 5.02. The molecule has 0 bridgehead atoms. The van der Waals surface area contributed by atoms with Crippen molar-refractivity contribution >= 4 is 27.7 Å². The molecule has 0 aliphatic heterocycles. The molecule has 0 saturated heterocycles. The summed E-state index contributed by atoms with van der Waals surface area (Å²) in [7, 11) is 1.79. The van der Waals surface area contributed by atoms with Gasteiger partial charge in [-0.1, -0.05) is 13.8 Å². The van der Waals surface area contributed by atoms with Gasteiger partial charge in [0, 0.05) is 13.2 Å². The van der Waals surface area contributed by atoms with Crippen molar-refractivity contribution in [3.8, 4) is 0 Å². The second kappa shape index (κ2) is 5.34. The van der Waals surface area contributed by atoms with Crippen LogP contribution < -0.4 is 5.32 Å². The van der Waals surface area contributed by atoms with Gasteiger partial charge in [0.15, 0.2) is 5.82 Å². The maximum atomic E-state index is 11.0. The first-order valence-electron chi connectivity index (χ1n) is 5.08. The predicted molar refractivity (Wildman–Crippen MR) is 65.4 cm³/mol. The van der Waals surface area contributed by atoms with Gasteiger partial charge in [-0.2, -0.15) is 5.10 Å². The van der Waals surface area contributed by atoms with E-state index in [2.05, 4.69) is 26.3 Å². The molecular formula is C10H16BrN3O2. The van der Waals surface area contributed by atoms with Crippen molar-refractivity contribution in [2.24, 2.45) is 13.0 Å². The maximum absolute atomic E-state index is 11.0. The number of nitrogens with zero attached hydrogens (tertiary/aromatic N) is 2. The van der Waals surface area contributed by atoms with Crippen LogP contribution in [0.15, 0.2) is 10.7 Å². The molecule has 1 heterocycles. The zero-order valence-corrected chi connectivity index (χ0v) is 11.2. The zero-order chi connectivity index (χ0) is 12.3. The lowest BCUT2D eigenvalue weighted by Crippen LogP contribution is -2.31. The Morgan fingerprint density at radius 1 is 1.69 bits per heavy atom. The number of hydrogen-bond donors (Lipinski definition) is 2. The van der Waals surface area contributed by atoms with Crippen molar-refractivity contribution in [2.75, 3.05) is 5.32 Å². The number of aryl methyl sites for hydroxylation is 1. The fourth-order valence-electron chi connectivity index (χ4n) is 1.42. The topological polar surface area (TPSA) is 67.2 Å². The molecule has 0 radical (unpaired) electrons. The van der Waals surface area contributed by atoms with Crippen LogP contribution in [0.1, 0.15) is 20.3 Å². The third-order valence-electron chi connectivity index (χ3n) is 2.10. The molecule has 0 aliphatic rings. The number of aromatic nitrogens is 2.